The minimum atomic E-state index is -0.479. The Labute approximate surface area is 176 Å². The minimum absolute atomic E-state index is 0.0325. The number of nitrogens with zero attached hydrogens (tertiary/aromatic N) is 1. The number of carbonyl (C=O) groups is 3. The number of hydrogen-bond acceptors (Lipinski definition) is 5. The number of esters is 1. The smallest absolute Gasteiger partial charge is 0.308 e. The van der Waals surface area contributed by atoms with E-state index in [-0.39, 0.29) is 43.5 Å². The maximum Gasteiger partial charge on any atom is 0.308 e. The van der Waals surface area contributed by atoms with Crippen molar-refractivity contribution in [3.63, 3.8) is 0 Å². The molecule has 1 aromatic carbocycles. The Bertz CT molecular complexity index is 832. The molecule has 4 aliphatic carbocycles. The first-order valence-electron chi connectivity index (χ1n) is 11.0. The van der Waals surface area contributed by atoms with Crippen LogP contribution in [0.4, 0.5) is 5.69 Å². The summed E-state index contributed by atoms with van der Waals surface area (Å²) in [5.74, 6) is 1.97. The predicted molar refractivity (Wildman–Crippen MR) is 109 cm³/mol. The summed E-state index contributed by atoms with van der Waals surface area (Å²) in [6.07, 6.45) is 7.17. The van der Waals surface area contributed by atoms with Crippen LogP contribution in [0.1, 0.15) is 44.9 Å². The van der Waals surface area contributed by atoms with Crippen LogP contribution in [0.5, 0.6) is 5.75 Å². The molecule has 1 heterocycles. The van der Waals surface area contributed by atoms with E-state index in [1.807, 2.05) is 12.1 Å². The number of anilines is 1. The Morgan fingerprint density at radius 1 is 1.10 bits per heavy atom. The first-order chi connectivity index (χ1) is 14.5. The fourth-order valence-electron chi connectivity index (χ4n) is 6.42. The zero-order chi connectivity index (χ0) is 20.7. The molecule has 1 aromatic rings. The van der Waals surface area contributed by atoms with E-state index in [9.17, 15) is 14.4 Å². The van der Waals surface area contributed by atoms with Crippen LogP contribution >= 0.6 is 0 Å². The Balaban J connectivity index is 1.10. The Morgan fingerprint density at radius 3 is 2.47 bits per heavy atom. The van der Waals surface area contributed by atoms with E-state index >= 15 is 0 Å². The molecule has 1 N–H and O–H groups in total. The molecule has 1 aliphatic heterocycles. The number of hydrogen-bond donors (Lipinski definition) is 1. The van der Waals surface area contributed by atoms with Gasteiger partial charge in [-0.25, -0.2) is 0 Å². The van der Waals surface area contributed by atoms with Crippen molar-refractivity contribution in [1.29, 1.82) is 0 Å². The molecule has 4 saturated carbocycles. The molecule has 2 amide bonds. The van der Waals surface area contributed by atoms with Crippen molar-refractivity contribution in [3.05, 3.63) is 24.3 Å². The fourth-order valence-corrected chi connectivity index (χ4v) is 6.42. The number of fused-ring (bicyclic) bond motifs is 1. The molecular formula is C23H28N2O5. The van der Waals surface area contributed by atoms with Crippen molar-refractivity contribution in [2.45, 2.75) is 50.5 Å². The second kappa shape index (κ2) is 7.60. The maximum absolute atomic E-state index is 12.5. The van der Waals surface area contributed by atoms with Crippen molar-refractivity contribution in [2.24, 2.45) is 17.8 Å². The number of carbonyl (C=O) groups excluding carboxylic acids is 3. The van der Waals surface area contributed by atoms with Crippen molar-refractivity contribution < 1.29 is 23.9 Å². The molecule has 0 atom stereocenters. The van der Waals surface area contributed by atoms with E-state index in [4.69, 9.17) is 9.47 Å². The Hall–Kier alpha value is -2.57. The molecule has 5 aliphatic rings. The van der Waals surface area contributed by atoms with Crippen molar-refractivity contribution in [2.75, 3.05) is 24.7 Å². The normalized spacial score (nSPS) is 31.1. The van der Waals surface area contributed by atoms with Gasteiger partial charge >= 0.3 is 5.97 Å². The summed E-state index contributed by atoms with van der Waals surface area (Å²) < 4.78 is 10.6. The van der Waals surface area contributed by atoms with Gasteiger partial charge in [-0.1, -0.05) is 12.1 Å². The predicted octanol–water partition coefficient (Wildman–Crippen LogP) is 2.43. The maximum atomic E-state index is 12.5. The van der Waals surface area contributed by atoms with Gasteiger partial charge in [0.25, 0.3) is 11.8 Å². The minimum Gasteiger partial charge on any atom is -0.482 e. The van der Waals surface area contributed by atoms with Crippen LogP contribution in [-0.2, 0) is 19.1 Å². The first kappa shape index (κ1) is 19.4. The molecule has 160 valence electrons. The highest BCUT2D eigenvalue weighted by Crippen LogP contribution is 2.55. The third-order valence-corrected chi connectivity index (χ3v) is 7.15. The molecule has 0 radical (unpaired) electrons. The lowest BCUT2D eigenvalue weighted by Crippen LogP contribution is -2.60. The number of rotatable bonds is 6. The molecule has 0 aromatic heterocycles. The standard InChI is InChI=1S/C23H28N2O5/c26-20(24-23-10-15-7-16(11-23)9-17(8-15)12-23)13-30-22(28)5-6-25-18-3-1-2-4-19(18)29-14-21(25)27/h1-4,15-17H,5-14H2,(H,24,26). The average Bonchev–Trinajstić information content (AvgIpc) is 2.70. The van der Waals surface area contributed by atoms with Crippen LogP contribution < -0.4 is 15.0 Å². The molecule has 0 unspecified atom stereocenters. The van der Waals surface area contributed by atoms with Gasteiger partial charge in [-0.05, 0) is 68.4 Å². The molecule has 30 heavy (non-hydrogen) atoms. The summed E-state index contributed by atoms with van der Waals surface area (Å²) in [5, 5.41) is 3.21. The molecule has 0 saturated heterocycles. The SMILES string of the molecule is O=C(COC(=O)CCN1C(=O)COc2ccccc21)NC12CC3CC(CC(C3)C1)C2. The molecular weight excluding hydrogens is 384 g/mol. The molecule has 7 heteroatoms. The van der Waals surface area contributed by atoms with Crippen molar-refractivity contribution >= 4 is 23.5 Å². The number of ether oxygens (including phenoxy) is 2. The summed E-state index contributed by atoms with van der Waals surface area (Å²) in [5.41, 5.74) is 0.573. The molecule has 4 fully saturated rings. The van der Waals surface area contributed by atoms with Gasteiger partial charge in [-0.3, -0.25) is 14.4 Å². The topological polar surface area (TPSA) is 84.9 Å². The van der Waals surface area contributed by atoms with E-state index in [2.05, 4.69) is 5.32 Å². The third kappa shape index (κ3) is 3.77. The van der Waals surface area contributed by atoms with Crippen LogP contribution in [0, 0.1) is 17.8 Å². The van der Waals surface area contributed by atoms with Gasteiger partial charge in [0, 0.05) is 12.1 Å². The van der Waals surface area contributed by atoms with E-state index in [1.165, 1.54) is 24.2 Å². The van der Waals surface area contributed by atoms with Gasteiger partial charge < -0.3 is 19.7 Å². The lowest BCUT2D eigenvalue weighted by Gasteiger charge is -2.56. The monoisotopic (exact) mass is 412 g/mol. The number of nitrogens with one attached hydrogen (secondary N) is 1. The first-order valence-corrected chi connectivity index (χ1v) is 11.0. The summed E-state index contributed by atoms with van der Waals surface area (Å²) in [7, 11) is 0. The Kier molecular flexibility index (Phi) is 4.91. The highest BCUT2D eigenvalue weighted by molar-refractivity contribution is 5.98. The van der Waals surface area contributed by atoms with Crippen molar-refractivity contribution in [3.8, 4) is 5.75 Å². The van der Waals surface area contributed by atoms with Crippen LogP contribution in [-0.4, -0.2) is 43.1 Å². The van der Waals surface area contributed by atoms with Crippen LogP contribution in [0.3, 0.4) is 0 Å². The van der Waals surface area contributed by atoms with Crippen molar-refractivity contribution in [1.82, 2.24) is 5.32 Å². The number of benzene rings is 1. The second-order valence-corrected chi connectivity index (χ2v) is 9.46. The molecule has 0 spiro atoms. The summed E-state index contributed by atoms with van der Waals surface area (Å²) in [4.78, 5) is 38.4. The summed E-state index contributed by atoms with van der Waals surface area (Å²) in [6, 6.07) is 7.24. The van der Waals surface area contributed by atoms with E-state index in [1.54, 1.807) is 12.1 Å². The number of para-hydroxylation sites is 2. The van der Waals surface area contributed by atoms with Crippen LogP contribution in [0.15, 0.2) is 24.3 Å². The van der Waals surface area contributed by atoms with Crippen LogP contribution in [0.25, 0.3) is 0 Å². The van der Waals surface area contributed by atoms with Gasteiger partial charge in [0.2, 0.25) is 0 Å². The zero-order valence-electron chi connectivity index (χ0n) is 17.1. The third-order valence-electron chi connectivity index (χ3n) is 7.15. The second-order valence-electron chi connectivity index (χ2n) is 9.46. The highest BCUT2D eigenvalue weighted by atomic mass is 16.5. The van der Waals surface area contributed by atoms with Gasteiger partial charge in [-0.15, -0.1) is 0 Å². The van der Waals surface area contributed by atoms with Gasteiger partial charge in [0.15, 0.2) is 13.2 Å². The summed E-state index contributed by atoms with van der Waals surface area (Å²) in [6.45, 7) is -0.0948. The zero-order valence-corrected chi connectivity index (χ0v) is 17.1. The molecule has 7 nitrogen and oxygen atoms in total. The largest absolute Gasteiger partial charge is 0.482 e. The van der Waals surface area contributed by atoms with E-state index < -0.39 is 5.97 Å². The summed E-state index contributed by atoms with van der Waals surface area (Å²) >= 11 is 0. The molecule has 4 bridgehead atoms. The van der Waals surface area contributed by atoms with E-state index in [0.717, 1.165) is 37.0 Å². The lowest BCUT2D eigenvalue weighted by molar-refractivity contribution is -0.150. The van der Waals surface area contributed by atoms with Gasteiger partial charge in [0.1, 0.15) is 5.75 Å². The fraction of sp³-hybridized carbons (Fsp3) is 0.609. The van der Waals surface area contributed by atoms with Gasteiger partial charge in [-0.2, -0.15) is 0 Å². The number of amides is 2. The average molecular weight is 412 g/mol. The van der Waals surface area contributed by atoms with E-state index in [0.29, 0.717) is 11.4 Å². The Morgan fingerprint density at radius 2 is 1.77 bits per heavy atom. The quantitative estimate of drug-likeness (QED) is 0.726. The highest BCUT2D eigenvalue weighted by Gasteiger charge is 2.51. The van der Waals surface area contributed by atoms with Crippen LogP contribution in [0.2, 0.25) is 0 Å². The molecule has 6 rings (SSSR count). The van der Waals surface area contributed by atoms with Gasteiger partial charge in [0.05, 0.1) is 12.1 Å². The lowest BCUT2D eigenvalue weighted by atomic mass is 9.53.